The number of nitrogen functional groups attached to an aromatic ring is 1. The highest BCUT2D eigenvalue weighted by atomic mass is 16.1. The number of hydrogen-bond acceptors (Lipinski definition) is 4. The van der Waals surface area contributed by atoms with Crippen LogP contribution in [0.2, 0.25) is 0 Å². The number of anilines is 1. The van der Waals surface area contributed by atoms with Gasteiger partial charge in [0.2, 0.25) is 0 Å². The Balaban J connectivity index is 2.73. The Morgan fingerprint density at radius 1 is 1.73 bits per heavy atom. The van der Waals surface area contributed by atoms with E-state index in [2.05, 4.69) is 16.2 Å². The molecule has 1 aromatic heterocycles. The predicted octanol–water partition coefficient (Wildman–Crippen LogP) is 0.378. The summed E-state index contributed by atoms with van der Waals surface area (Å²) in [5, 5.41) is 2.81. The summed E-state index contributed by atoms with van der Waals surface area (Å²) in [5.74, 6) is 2.55. The molecule has 0 amide bonds. The van der Waals surface area contributed by atoms with Gasteiger partial charge in [-0.25, -0.2) is 4.98 Å². The van der Waals surface area contributed by atoms with Gasteiger partial charge in [-0.05, 0) is 18.6 Å². The third-order valence-corrected chi connectivity index (χ3v) is 1.87. The van der Waals surface area contributed by atoms with Crippen LogP contribution in [-0.2, 0) is 0 Å². The highest BCUT2D eigenvalue weighted by molar-refractivity contribution is 6.01. The van der Waals surface area contributed by atoms with E-state index in [9.17, 15) is 4.79 Å². The second kappa shape index (κ2) is 5.13. The Kier molecular flexibility index (Phi) is 3.83. The van der Waals surface area contributed by atoms with Crippen LogP contribution in [0.3, 0.4) is 0 Å². The minimum Gasteiger partial charge on any atom is -0.383 e. The Morgan fingerprint density at radius 3 is 3.13 bits per heavy atom. The molecule has 3 N–H and O–H groups in total. The summed E-state index contributed by atoms with van der Waals surface area (Å²) in [6, 6.07) is 1.72. The van der Waals surface area contributed by atoms with Crippen molar-refractivity contribution >= 4 is 11.6 Å². The lowest BCUT2D eigenvalue weighted by Gasteiger charge is -2.04. The number of nitrogens with one attached hydrogen (secondary N) is 1. The average molecular weight is 203 g/mol. The van der Waals surface area contributed by atoms with Crippen LogP contribution in [0.15, 0.2) is 12.3 Å². The van der Waals surface area contributed by atoms with Gasteiger partial charge in [0, 0.05) is 6.20 Å². The highest BCUT2D eigenvalue weighted by Crippen LogP contribution is 2.10. The maximum Gasteiger partial charge on any atom is 0.180 e. The number of hydrogen-bond donors (Lipinski definition) is 2. The first-order valence-corrected chi connectivity index (χ1v) is 4.54. The van der Waals surface area contributed by atoms with Crippen LogP contribution in [0.4, 0.5) is 5.82 Å². The topological polar surface area (TPSA) is 68.0 Å². The molecule has 15 heavy (non-hydrogen) atoms. The van der Waals surface area contributed by atoms with Gasteiger partial charge >= 0.3 is 0 Å². The SMILES string of the molecule is C#CCNCC(=O)c1cc(C)cnc1N. The number of rotatable bonds is 4. The van der Waals surface area contributed by atoms with E-state index < -0.39 is 0 Å². The minimum absolute atomic E-state index is 0.0982. The van der Waals surface area contributed by atoms with Crippen molar-refractivity contribution in [1.29, 1.82) is 0 Å². The van der Waals surface area contributed by atoms with Gasteiger partial charge in [0.25, 0.3) is 0 Å². The number of nitrogens with zero attached hydrogens (tertiary/aromatic N) is 1. The van der Waals surface area contributed by atoms with Gasteiger partial charge in [0.1, 0.15) is 5.82 Å². The van der Waals surface area contributed by atoms with Gasteiger partial charge in [-0.15, -0.1) is 6.42 Å². The van der Waals surface area contributed by atoms with Crippen LogP contribution in [0.25, 0.3) is 0 Å². The number of aryl methyl sites for hydroxylation is 1. The fourth-order valence-corrected chi connectivity index (χ4v) is 1.15. The summed E-state index contributed by atoms with van der Waals surface area (Å²) < 4.78 is 0. The molecule has 0 aliphatic rings. The van der Waals surface area contributed by atoms with Crippen molar-refractivity contribution < 1.29 is 4.79 Å². The lowest BCUT2D eigenvalue weighted by molar-refractivity contribution is 0.0993. The third kappa shape index (κ3) is 3.08. The molecule has 78 valence electrons. The molecule has 0 spiro atoms. The number of pyridine rings is 1. The number of terminal acetylenes is 1. The van der Waals surface area contributed by atoms with Crippen LogP contribution in [0.1, 0.15) is 15.9 Å². The van der Waals surface area contributed by atoms with E-state index >= 15 is 0 Å². The Morgan fingerprint density at radius 2 is 2.47 bits per heavy atom. The van der Waals surface area contributed by atoms with Crippen molar-refractivity contribution in [2.45, 2.75) is 6.92 Å². The van der Waals surface area contributed by atoms with Gasteiger partial charge in [-0.1, -0.05) is 5.92 Å². The van der Waals surface area contributed by atoms with E-state index in [0.717, 1.165) is 5.56 Å². The molecule has 1 aromatic rings. The summed E-state index contributed by atoms with van der Waals surface area (Å²) >= 11 is 0. The maximum atomic E-state index is 11.6. The molecule has 0 aromatic carbocycles. The Hall–Kier alpha value is -1.86. The molecule has 0 aliphatic heterocycles. The summed E-state index contributed by atoms with van der Waals surface area (Å²) in [6.07, 6.45) is 6.67. The standard InChI is InChI=1S/C11H13N3O/c1-3-4-13-7-10(15)9-5-8(2)6-14-11(9)12/h1,5-6,13H,4,7H2,2H3,(H2,12,14). The first-order valence-electron chi connectivity index (χ1n) is 4.54. The zero-order chi connectivity index (χ0) is 11.3. The van der Waals surface area contributed by atoms with Gasteiger partial charge in [-0.3, -0.25) is 10.1 Å². The van der Waals surface area contributed by atoms with E-state index in [1.165, 1.54) is 0 Å². The van der Waals surface area contributed by atoms with Gasteiger partial charge in [0.05, 0.1) is 18.7 Å². The van der Waals surface area contributed by atoms with Crippen molar-refractivity contribution in [2.24, 2.45) is 0 Å². The smallest absolute Gasteiger partial charge is 0.180 e. The first kappa shape index (κ1) is 11.2. The predicted molar refractivity (Wildman–Crippen MR) is 59.4 cm³/mol. The molecule has 0 radical (unpaired) electrons. The van der Waals surface area contributed by atoms with Crippen molar-refractivity contribution in [3.8, 4) is 12.3 Å². The summed E-state index contributed by atoms with van der Waals surface area (Å²) in [5.41, 5.74) is 6.95. The number of ketones is 1. The number of Topliss-reactive ketones (excluding diaryl/α,β-unsaturated/α-hetero) is 1. The van der Waals surface area contributed by atoms with E-state index in [4.69, 9.17) is 12.2 Å². The number of carbonyl (C=O) groups is 1. The normalized spacial score (nSPS) is 9.60. The van der Waals surface area contributed by atoms with Gasteiger partial charge in [0.15, 0.2) is 5.78 Å². The largest absolute Gasteiger partial charge is 0.383 e. The molecular weight excluding hydrogens is 190 g/mol. The molecule has 0 unspecified atom stereocenters. The summed E-state index contributed by atoms with van der Waals surface area (Å²) in [4.78, 5) is 15.6. The number of carbonyl (C=O) groups excluding carboxylic acids is 1. The molecule has 1 heterocycles. The van der Waals surface area contributed by atoms with E-state index in [1.54, 1.807) is 12.3 Å². The number of nitrogens with two attached hydrogens (primary N) is 1. The Labute approximate surface area is 88.9 Å². The van der Waals surface area contributed by atoms with Gasteiger partial charge < -0.3 is 5.73 Å². The molecular formula is C11H13N3O. The van der Waals surface area contributed by atoms with Crippen LogP contribution >= 0.6 is 0 Å². The lowest BCUT2D eigenvalue weighted by atomic mass is 10.1. The lowest BCUT2D eigenvalue weighted by Crippen LogP contribution is -2.24. The average Bonchev–Trinajstić information content (AvgIpc) is 2.22. The molecule has 0 atom stereocenters. The number of aromatic nitrogens is 1. The fourth-order valence-electron chi connectivity index (χ4n) is 1.15. The zero-order valence-corrected chi connectivity index (χ0v) is 8.58. The quantitative estimate of drug-likeness (QED) is 0.421. The fraction of sp³-hybridized carbons (Fsp3) is 0.273. The van der Waals surface area contributed by atoms with Crippen molar-refractivity contribution in [1.82, 2.24) is 10.3 Å². The van der Waals surface area contributed by atoms with Gasteiger partial charge in [-0.2, -0.15) is 0 Å². The summed E-state index contributed by atoms with van der Waals surface area (Å²) in [7, 11) is 0. The maximum absolute atomic E-state index is 11.6. The minimum atomic E-state index is -0.0982. The van der Waals surface area contributed by atoms with E-state index in [0.29, 0.717) is 12.1 Å². The van der Waals surface area contributed by atoms with E-state index in [1.807, 2.05) is 6.92 Å². The molecule has 0 aliphatic carbocycles. The molecule has 0 saturated heterocycles. The zero-order valence-electron chi connectivity index (χ0n) is 8.58. The van der Waals surface area contributed by atoms with E-state index in [-0.39, 0.29) is 18.1 Å². The molecule has 0 fully saturated rings. The highest BCUT2D eigenvalue weighted by Gasteiger charge is 2.09. The molecule has 4 nitrogen and oxygen atoms in total. The second-order valence-corrected chi connectivity index (χ2v) is 3.18. The monoisotopic (exact) mass is 203 g/mol. The van der Waals surface area contributed by atoms with Crippen LogP contribution in [0, 0.1) is 19.3 Å². The third-order valence-electron chi connectivity index (χ3n) is 1.87. The molecule has 0 bridgehead atoms. The molecule has 4 heteroatoms. The van der Waals surface area contributed by atoms with Crippen molar-refractivity contribution in [2.75, 3.05) is 18.8 Å². The molecule has 0 saturated carbocycles. The van der Waals surface area contributed by atoms with Crippen LogP contribution in [0.5, 0.6) is 0 Å². The van der Waals surface area contributed by atoms with Crippen molar-refractivity contribution in [3.05, 3.63) is 23.4 Å². The Bertz CT molecular complexity index is 407. The van der Waals surface area contributed by atoms with Crippen LogP contribution < -0.4 is 11.1 Å². The first-order chi connectivity index (χ1) is 7.15. The molecule has 1 rings (SSSR count). The summed E-state index contributed by atoms with van der Waals surface area (Å²) in [6.45, 7) is 2.41. The van der Waals surface area contributed by atoms with Crippen molar-refractivity contribution in [3.63, 3.8) is 0 Å². The second-order valence-electron chi connectivity index (χ2n) is 3.18. The van der Waals surface area contributed by atoms with Crippen LogP contribution in [-0.4, -0.2) is 23.9 Å².